The van der Waals surface area contributed by atoms with Crippen molar-refractivity contribution in [2.45, 2.75) is 19.9 Å². The number of pyridine rings is 1. The molecule has 0 saturated carbocycles. The number of nitrogens with two attached hydrogens (primary N) is 1. The Hall–Kier alpha value is -1.29. The van der Waals surface area contributed by atoms with Gasteiger partial charge in [-0.1, -0.05) is 6.07 Å². The number of nitrogens with one attached hydrogen (secondary N) is 1. The average molecular weight is 195 g/mol. The van der Waals surface area contributed by atoms with Crippen LogP contribution in [0, 0.1) is 0 Å². The quantitative estimate of drug-likeness (QED) is 0.742. The molecule has 0 fully saturated rings. The van der Waals surface area contributed by atoms with Gasteiger partial charge in [-0.3, -0.25) is 0 Å². The zero-order valence-corrected chi connectivity index (χ0v) is 8.66. The lowest BCUT2D eigenvalue weighted by molar-refractivity contribution is 0.327. The Balaban J connectivity index is 2.63. The van der Waals surface area contributed by atoms with Gasteiger partial charge >= 0.3 is 0 Å². The van der Waals surface area contributed by atoms with Crippen LogP contribution in [0.25, 0.3) is 0 Å². The molecule has 1 heterocycles. The zero-order chi connectivity index (χ0) is 10.4. The third-order valence-corrected chi connectivity index (χ3v) is 1.76. The van der Waals surface area contributed by atoms with Crippen LogP contribution in [-0.2, 0) is 0 Å². The van der Waals surface area contributed by atoms with Crippen molar-refractivity contribution in [3.05, 3.63) is 18.2 Å². The smallest absolute Gasteiger partial charge is 0.215 e. The second-order valence-corrected chi connectivity index (χ2v) is 3.08. The van der Waals surface area contributed by atoms with Gasteiger partial charge in [-0.25, -0.2) is 0 Å². The minimum Gasteiger partial charge on any atom is -0.478 e. The summed E-state index contributed by atoms with van der Waals surface area (Å²) in [7, 11) is 0. The molecular formula is C10H17N3O. The van der Waals surface area contributed by atoms with Crippen LogP contribution >= 0.6 is 0 Å². The predicted molar refractivity (Wildman–Crippen MR) is 57.5 cm³/mol. The van der Waals surface area contributed by atoms with Crippen LogP contribution in [0.4, 0.5) is 5.82 Å². The van der Waals surface area contributed by atoms with Crippen LogP contribution in [0.3, 0.4) is 0 Å². The predicted octanol–water partition coefficient (Wildman–Crippen LogP) is 1.24. The van der Waals surface area contributed by atoms with E-state index >= 15 is 0 Å². The first-order valence-electron chi connectivity index (χ1n) is 4.82. The highest BCUT2D eigenvalue weighted by Gasteiger charge is 2.01. The van der Waals surface area contributed by atoms with Crippen molar-refractivity contribution in [3.8, 4) is 5.88 Å². The molecule has 0 amide bonds. The molecule has 1 atom stereocenters. The van der Waals surface area contributed by atoms with E-state index in [-0.39, 0.29) is 6.04 Å². The first-order chi connectivity index (χ1) is 6.76. The number of hydrogen-bond donors (Lipinski definition) is 2. The molecule has 0 aliphatic heterocycles. The van der Waals surface area contributed by atoms with Crippen LogP contribution in [0.15, 0.2) is 18.2 Å². The number of nitrogens with zero attached hydrogens (tertiary/aromatic N) is 1. The lowest BCUT2D eigenvalue weighted by atomic mass is 10.3. The lowest BCUT2D eigenvalue weighted by Crippen LogP contribution is -2.25. The molecule has 1 aromatic heterocycles. The summed E-state index contributed by atoms with van der Waals surface area (Å²) in [5.74, 6) is 1.44. The Kier molecular flexibility index (Phi) is 4.19. The van der Waals surface area contributed by atoms with Crippen molar-refractivity contribution in [1.82, 2.24) is 4.98 Å². The van der Waals surface area contributed by atoms with Gasteiger partial charge in [-0.2, -0.15) is 4.98 Å². The summed E-state index contributed by atoms with van der Waals surface area (Å²) in [6, 6.07) is 5.86. The van der Waals surface area contributed by atoms with Gasteiger partial charge in [0.2, 0.25) is 5.88 Å². The second kappa shape index (κ2) is 5.44. The third-order valence-electron chi connectivity index (χ3n) is 1.76. The van der Waals surface area contributed by atoms with Crippen molar-refractivity contribution in [3.63, 3.8) is 0 Å². The van der Waals surface area contributed by atoms with E-state index in [1.165, 1.54) is 0 Å². The number of hydrogen-bond acceptors (Lipinski definition) is 4. The molecule has 4 nitrogen and oxygen atoms in total. The van der Waals surface area contributed by atoms with Gasteiger partial charge in [0.1, 0.15) is 5.82 Å². The molecule has 0 spiro atoms. The van der Waals surface area contributed by atoms with Gasteiger partial charge in [0.05, 0.1) is 6.61 Å². The molecule has 0 saturated heterocycles. The summed E-state index contributed by atoms with van der Waals surface area (Å²) in [6.07, 6.45) is 0. The molecular weight excluding hydrogens is 178 g/mol. The van der Waals surface area contributed by atoms with E-state index in [1.807, 2.05) is 32.0 Å². The number of rotatable bonds is 5. The Morgan fingerprint density at radius 1 is 1.57 bits per heavy atom. The summed E-state index contributed by atoms with van der Waals surface area (Å²) in [6.45, 7) is 5.16. The molecule has 1 aromatic rings. The first-order valence-corrected chi connectivity index (χ1v) is 4.82. The van der Waals surface area contributed by atoms with Crippen LogP contribution in [0.2, 0.25) is 0 Å². The van der Waals surface area contributed by atoms with Crippen LogP contribution in [-0.4, -0.2) is 24.2 Å². The molecule has 0 bridgehead atoms. The van der Waals surface area contributed by atoms with Gasteiger partial charge in [-0.05, 0) is 19.9 Å². The van der Waals surface area contributed by atoms with Crippen molar-refractivity contribution in [1.29, 1.82) is 0 Å². The summed E-state index contributed by atoms with van der Waals surface area (Å²) in [5, 5.41) is 3.17. The summed E-state index contributed by atoms with van der Waals surface area (Å²) >= 11 is 0. The lowest BCUT2D eigenvalue weighted by Gasteiger charge is -2.12. The summed E-state index contributed by atoms with van der Waals surface area (Å²) in [4.78, 5) is 4.26. The maximum absolute atomic E-state index is 5.50. The molecule has 14 heavy (non-hydrogen) atoms. The van der Waals surface area contributed by atoms with E-state index in [0.717, 1.165) is 5.82 Å². The van der Waals surface area contributed by atoms with E-state index in [0.29, 0.717) is 19.0 Å². The van der Waals surface area contributed by atoms with Gasteiger partial charge in [0.15, 0.2) is 0 Å². The average Bonchev–Trinajstić information content (AvgIpc) is 2.19. The fourth-order valence-corrected chi connectivity index (χ4v) is 1.03. The highest BCUT2D eigenvalue weighted by Crippen LogP contribution is 2.11. The first kappa shape index (κ1) is 10.8. The van der Waals surface area contributed by atoms with E-state index in [9.17, 15) is 0 Å². The topological polar surface area (TPSA) is 60.2 Å². The highest BCUT2D eigenvalue weighted by atomic mass is 16.5. The van der Waals surface area contributed by atoms with Crippen LogP contribution in [0.5, 0.6) is 5.88 Å². The molecule has 4 heteroatoms. The Morgan fingerprint density at radius 2 is 2.36 bits per heavy atom. The Bertz CT molecular complexity index is 278. The number of ether oxygens (including phenoxy) is 1. The maximum Gasteiger partial charge on any atom is 0.215 e. The second-order valence-electron chi connectivity index (χ2n) is 3.08. The summed E-state index contributed by atoms with van der Waals surface area (Å²) < 4.78 is 5.28. The number of anilines is 1. The van der Waals surface area contributed by atoms with E-state index in [1.54, 1.807) is 0 Å². The minimum atomic E-state index is 0.222. The molecule has 1 unspecified atom stereocenters. The molecule has 0 radical (unpaired) electrons. The largest absolute Gasteiger partial charge is 0.478 e. The van der Waals surface area contributed by atoms with Crippen LogP contribution < -0.4 is 15.8 Å². The molecule has 1 rings (SSSR count). The van der Waals surface area contributed by atoms with Crippen molar-refractivity contribution < 1.29 is 4.74 Å². The summed E-state index contributed by atoms with van der Waals surface area (Å²) in [5.41, 5.74) is 5.50. The molecule has 0 aliphatic rings. The van der Waals surface area contributed by atoms with Gasteiger partial charge in [0.25, 0.3) is 0 Å². The minimum absolute atomic E-state index is 0.222. The number of aromatic nitrogens is 1. The SMILES string of the molecule is CCOc1cccc(NC(C)CN)n1. The Morgan fingerprint density at radius 3 is 3.00 bits per heavy atom. The molecule has 3 N–H and O–H groups in total. The molecule has 0 aliphatic carbocycles. The van der Waals surface area contributed by atoms with Crippen molar-refractivity contribution in [2.75, 3.05) is 18.5 Å². The monoisotopic (exact) mass is 195 g/mol. The van der Waals surface area contributed by atoms with Gasteiger partial charge in [-0.15, -0.1) is 0 Å². The normalized spacial score (nSPS) is 12.2. The molecule has 0 aromatic carbocycles. The third kappa shape index (κ3) is 3.22. The standard InChI is InChI=1S/C10H17N3O/c1-3-14-10-6-4-5-9(13-10)12-8(2)7-11/h4-6,8H,3,7,11H2,1-2H3,(H,12,13). The zero-order valence-electron chi connectivity index (χ0n) is 8.66. The van der Waals surface area contributed by atoms with E-state index < -0.39 is 0 Å². The fourth-order valence-electron chi connectivity index (χ4n) is 1.03. The highest BCUT2D eigenvalue weighted by molar-refractivity contribution is 5.37. The fraction of sp³-hybridized carbons (Fsp3) is 0.500. The maximum atomic E-state index is 5.50. The van der Waals surface area contributed by atoms with Gasteiger partial charge in [0, 0.05) is 18.7 Å². The van der Waals surface area contributed by atoms with Crippen molar-refractivity contribution >= 4 is 5.82 Å². The Labute approximate surface area is 84.5 Å². The van der Waals surface area contributed by atoms with Crippen molar-refractivity contribution in [2.24, 2.45) is 5.73 Å². The van der Waals surface area contributed by atoms with Crippen LogP contribution in [0.1, 0.15) is 13.8 Å². The van der Waals surface area contributed by atoms with E-state index in [2.05, 4.69) is 10.3 Å². The molecule has 78 valence electrons. The van der Waals surface area contributed by atoms with E-state index in [4.69, 9.17) is 10.5 Å². The van der Waals surface area contributed by atoms with Gasteiger partial charge < -0.3 is 15.8 Å².